The third kappa shape index (κ3) is 6.21. The molecule has 0 bridgehead atoms. The Morgan fingerprint density at radius 2 is 1.55 bits per heavy atom. The van der Waals surface area contributed by atoms with Crippen LogP contribution in [0, 0.1) is 11.3 Å². The molecule has 254 valence electrons. The molecular weight excluding hydrogens is 590 g/mol. The van der Waals surface area contributed by atoms with Crippen LogP contribution in [0.25, 0.3) is 11.3 Å². The highest BCUT2D eigenvalue weighted by Crippen LogP contribution is 2.54. The second-order valence-electron chi connectivity index (χ2n) is 15.3. The van der Waals surface area contributed by atoms with Crippen LogP contribution in [0.1, 0.15) is 71.1 Å². The van der Waals surface area contributed by atoms with E-state index in [1.54, 1.807) is 6.07 Å². The molecule has 0 amide bonds. The van der Waals surface area contributed by atoms with Crippen molar-refractivity contribution < 1.29 is 14.6 Å². The first-order valence-electron chi connectivity index (χ1n) is 18.5. The van der Waals surface area contributed by atoms with Crippen molar-refractivity contribution in [2.45, 2.75) is 95.3 Å². The molecule has 2 aliphatic carbocycles. The van der Waals surface area contributed by atoms with E-state index in [-0.39, 0.29) is 17.6 Å². The van der Waals surface area contributed by atoms with Crippen LogP contribution in [-0.2, 0) is 9.53 Å². The van der Waals surface area contributed by atoms with Gasteiger partial charge in [0, 0.05) is 49.9 Å². The number of aromatic nitrogens is 2. The van der Waals surface area contributed by atoms with E-state index in [0.717, 1.165) is 73.9 Å². The minimum Gasteiger partial charge on any atom is -0.507 e. The third-order valence-corrected chi connectivity index (χ3v) is 12.8. The molecule has 10 nitrogen and oxygen atoms in total. The Hall–Kier alpha value is -2.95. The Morgan fingerprint density at radius 1 is 0.872 bits per heavy atom. The number of phenols is 1. The standard InChI is InChI=1S/C37H53N7O3/c1-2-47-36(46)26-7-13-37(14-8-26)22-29(23-37)42-17-9-27(10-18-42)41-15-11-28(12-16-41)43-19-20-44-30(25-43)24-38-35-33(44)21-32(39-40-35)31-5-3-4-6-34(31)45/h3-6,21,26-30,45H,2,7-20,22-25H2,1H3,(H,38,40)/t26-,29-,30-,37?/m0/s1. The minimum atomic E-state index is 0.0382. The molecule has 10 heteroatoms. The van der Waals surface area contributed by atoms with Gasteiger partial charge in [0.25, 0.3) is 0 Å². The number of para-hydroxylation sites is 1. The number of hydrogen-bond donors (Lipinski definition) is 2. The number of carbonyl (C=O) groups is 1. The Labute approximate surface area is 279 Å². The van der Waals surface area contributed by atoms with E-state index >= 15 is 0 Å². The van der Waals surface area contributed by atoms with Gasteiger partial charge in [0.15, 0.2) is 5.82 Å². The number of rotatable bonds is 6. The van der Waals surface area contributed by atoms with Crippen LogP contribution in [0.3, 0.4) is 0 Å². The lowest BCUT2D eigenvalue weighted by molar-refractivity contribution is -0.151. The summed E-state index contributed by atoms with van der Waals surface area (Å²) >= 11 is 0. The molecule has 2 N–H and O–H groups in total. The van der Waals surface area contributed by atoms with Gasteiger partial charge in [-0.1, -0.05) is 12.1 Å². The predicted molar refractivity (Wildman–Crippen MR) is 184 cm³/mol. The fourth-order valence-electron chi connectivity index (χ4n) is 10.0. The fraction of sp³-hybridized carbons (Fsp3) is 0.703. The lowest BCUT2D eigenvalue weighted by Crippen LogP contribution is -2.61. The number of carbonyl (C=O) groups excluding carboxylic acids is 1. The van der Waals surface area contributed by atoms with Gasteiger partial charge < -0.3 is 29.9 Å². The highest BCUT2D eigenvalue weighted by atomic mass is 16.5. The number of benzene rings is 1. The molecule has 1 spiro atoms. The first-order valence-corrected chi connectivity index (χ1v) is 18.5. The van der Waals surface area contributed by atoms with Crippen molar-refractivity contribution in [1.82, 2.24) is 24.9 Å². The molecule has 1 atom stereocenters. The first kappa shape index (κ1) is 31.3. The predicted octanol–water partition coefficient (Wildman–Crippen LogP) is 4.60. The summed E-state index contributed by atoms with van der Waals surface area (Å²) in [5.74, 6) is 1.27. The highest BCUT2D eigenvalue weighted by molar-refractivity contribution is 5.76. The molecule has 5 fully saturated rings. The van der Waals surface area contributed by atoms with Gasteiger partial charge >= 0.3 is 5.97 Å². The number of piperazine rings is 1. The number of likely N-dealkylation sites (tertiary alicyclic amines) is 2. The number of fused-ring (bicyclic) bond motifs is 3. The minimum absolute atomic E-state index is 0.0382. The number of piperidine rings is 2. The molecule has 1 aromatic heterocycles. The van der Waals surface area contributed by atoms with Crippen LogP contribution in [0.2, 0.25) is 0 Å². The Morgan fingerprint density at radius 3 is 2.26 bits per heavy atom. The van der Waals surface area contributed by atoms with E-state index in [0.29, 0.717) is 24.1 Å². The van der Waals surface area contributed by atoms with Crippen LogP contribution >= 0.6 is 0 Å². The molecule has 2 aromatic rings. The van der Waals surface area contributed by atoms with E-state index < -0.39 is 0 Å². The van der Waals surface area contributed by atoms with Crippen molar-refractivity contribution in [1.29, 1.82) is 0 Å². The largest absolute Gasteiger partial charge is 0.507 e. The van der Waals surface area contributed by atoms with Crippen LogP contribution in [-0.4, -0.2) is 119 Å². The summed E-state index contributed by atoms with van der Waals surface area (Å²) in [5.41, 5.74) is 3.06. The van der Waals surface area contributed by atoms with Crippen molar-refractivity contribution in [2.24, 2.45) is 11.3 Å². The van der Waals surface area contributed by atoms with Gasteiger partial charge in [0.05, 0.1) is 29.9 Å². The van der Waals surface area contributed by atoms with Crippen molar-refractivity contribution in [3.63, 3.8) is 0 Å². The maximum Gasteiger partial charge on any atom is 0.308 e. The molecule has 8 rings (SSSR count). The van der Waals surface area contributed by atoms with Crippen LogP contribution in [0.15, 0.2) is 30.3 Å². The number of nitrogens with one attached hydrogen (secondary N) is 1. The molecule has 2 saturated carbocycles. The summed E-state index contributed by atoms with van der Waals surface area (Å²) in [7, 11) is 0. The Bertz CT molecular complexity index is 1410. The Balaban J connectivity index is 0.782. The zero-order chi connectivity index (χ0) is 32.0. The summed E-state index contributed by atoms with van der Waals surface area (Å²) in [6, 6.07) is 12.1. The summed E-state index contributed by atoms with van der Waals surface area (Å²) in [6.45, 7) is 11.4. The molecule has 1 aromatic carbocycles. The lowest BCUT2D eigenvalue weighted by Gasteiger charge is -2.56. The van der Waals surface area contributed by atoms with Crippen molar-refractivity contribution in [3.05, 3.63) is 30.3 Å². The number of esters is 1. The van der Waals surface area contributed by atoms with E-state index in [2.05, 4.69) is 41.2 Å². The zero-order valence-corrected chi connectivity index (χ0v) is 28.2. The smallest absolute Gasteiger partial charge is 0.308 e. The topological polar surface area (TPSA) is 97.3 Å². The Kier molecular flexibility index (Phi) is 8.77. The summed E-state index contributed by atoms with van der Waals surface area (Å²) in [5, 5.41) is 22.8. The SMILES string of the molecule is CCOC(=O)[C@H]1CCC2(CC1)C[C@H](N1CCC(N3CCC(N4CCN5c6cc(-c7ccccc7O)nnc6NC[C@H]5C4)CC3)CC1)C2. The molecule has 4 aliphatic heterocycles. The van der Waals surface area contributed by atoms with Gasteiger partial charge in [0.1, 0.15) is 5.75 Å². The van der Waals surface area contributed by atoms with Crippen molar-refractivity contribution in [2.75, 3.05) is 69.2 Å². The summed E-state index contributed by atoms with van der Waals surface area (Å²) < 4.78 is 5.29. The van der Waals surface area contributed by atoms with E-state index in [4.69, 9.17) is 4.74 Å². The zero-order valence-electron chi connectivity index (χ0n) is 28.2. The van der Waals surface area contributed by atoms with Gasteiger partial charge in [-0.3, -0.25) is 9.69 Å². The molecule has 47 heavy (non-hydrogen) atoms. The molecule has 6 aliphatic rings. The van der Waals surface area contributed by atoms with Gasteiger partial charge in [-0.25, -0.2) is 0 Å². The summed E-state index contributed by atoms with van der Waals surface area (Å²) in [6.07, 6.45) is 12.4. The van der Waals surface area contributed by atoms with Crippen molar-refractivity contribution in [3.8, 4) is 17.0 Å². The maximum absolute atomic E-state index is 12.2. The van der Waals surface area contributed by atoms with E-state index in [1.807, 2.05) is 25.1 Å². The first-order chi connectivity index (χ1) is 23.0. The fourth-order valence-corrected chi connectivity index (χ4v) is 10.0. The quantitative estimate of drug-likeness (QED) is 0.435. The van der Waals surface area contributed by atoms with Crippen LogP contribution in [0.5, 0.6) is 5.75 Å². The summed E-state index contributed by atoms with van der Waals surface area (Å²) in [4.78, 5) is 23.1. The molecule has 0 radical (unpaired) electrons. The van der Waals surface area contributed by atoms with Gasteiger partial charge in [-0.15, -0.1) is 10.2 Å². The second-order valence-corrected chi connectivity index (χ2v) is 15.3. The molecule has 0 unspecified atom stereocenters. The van der Waals surface area contributed by atoms with Crippen molar-refractivity contribution >= 4 is 17.5 Å². The molecule has 3 saturated heterocycles. The van der Waals surface area contributed by atoms with Crippen LogP contribution < -0.4 is 10.2 Å². The number of aromatic hydroxyl groups is 1. The average Bonchev–Trinajstić information content (AvgIpc) is 3.10. The van der Waals surface area contributed by atoms with Gasteiger partial charge in [-0.05, 0) is 121 Å². The van der Waals surface area contributed by atoms with Gasteiger partial charge in [0.2, 0.25) is 0 Å². The normalized spacial score (nSPS) is 31.1. The highest BCUT2D eigenvalue weighted by Gasteiger charge is 2.49. The lowest BCUT2D eigenvalue weighted by atomic mass is 9.56. The van der Waals surface area contributed by atoms with Crippen LogP contribution in [0.4, 0.5) is 11.5 Å². The maximum atomic E-state index is 12.2. The van der Waals surface area contributed by atoms with E-state index in [9.17, 15) is 9.90 Å². The average molecular weight is 644 g/mol. The number of anilines is 2. The molecular formula is C37H53N7O3. The number of phenolic OH excluding ortho intramolecular Hbond substituents is 1. The molecule has 5 heterocycles. The van der Waals surface area contributed by atoms with E-state index in [1.165, 1.54) is 77.5 Å². The number of ether oxygens (including phenoxy) is 1. The second kappa shape index (κ2) is 13.2. The number of hydrogen-bond acceptors (Lipinski definition) is 10. The number of nitrogens with zero attached hydrogens (tertiary/aromatic N) is 6. The van der Waals surface area contributed by atoms with Gasteiger partial charge in [-0.2, -0.15) is 0 Å². The monoisotopic (exact) mass is 643 g/mol. The third-order valence-electron chi connectivity index (χ3n) is 12.8.